The van der Waals surface area contributed by atoms with Gasteiger partial charge in [0.1, 0.15) is 0 Å². The number of nitro groups is 1. The molecule has 8 nitrogen and oxygen atoms in total. The van der Waals surface area contributed by atoms with Crippen molar-refractivity contribution >= 4 is 35.6 Å². The number of hydrogen-bond donors (Lipinski definition) is 2. The zero-order valence-electron chi connectivity index (χ0n) is 17.1. The average Bonchev–Trinajstić information content (AvgIpc) is 2.97. The molecule has 0 unspecified atom stereocenters. The van der Waals surface area contributed by atoms with Gasteiger partial charge in [-0.25, -0.2) is 4.99 Å². The molecule has 0 amide bonds. The number of nitro benzene ring substituents is 1. The minimum Gasteiger partial charge on any atom is -0.356 e. The molecule has 2 rings (SSSR count). The van der Waals surface area contributed by atoms with Crippen LogP contribution in [0.4, 0.5) is 5.69 Å². The maximum absolute atomic E-state index is 10.7. The van der Waals surface area contributed by atoms with Crippen molar-refractivity contribution in [2.24, 2.45) is 4.99 Å². The molecule has 0 atom stereocenters. The number of nitrogens with one attached hydrogen (secondary N) is 2. The van der Waals surface area contributed by atoms with Gasteiger partial charge in [0.05, 0.1) is 17.2 Å². The minimum absolute atomic E-state index is 0. The van der Waals surface area contributed by atoms with Crippen molar-refractivity contribution in [3.63, 3.8) is 0 Å². The van der Waals surface area contributed by atoms with Crippen LogP contribution in [0.3, 0.4) is 0 Å². The molecule has 0 saturated heterocycles. The summed E-state index contributed by atoms with van der Waals surface area (Å²) in [5.41, 5.74) is 4.18. The van der Waals surface area contributed by atoms with E-state index in [4.69, 9.17) is 0 Å². The van der Waals surface area contributed by atoms with Crippen LogP contribution in [0.5, 0.6) is 0 Å². The Kier molecular flexibility index (Phi) is 10.4. The molecule has 0 spiro atoms. The lowest BCUT2D eigenvalue weighted by molar-refractivity contribution is -0.384. The van der Waals surface area contributed by atoms with Crippen molar-refractivity contribution < 1.29 is 4.92 Å². The number of benzene rings is 1. The van der Waals surface area contributed by atoms with E-state index < -0.39 is 4.92 Å². The van der Waals surface area contributed by atoms with Crippen LogP contribution < -0.4 is 10.6 Å². The van der Waals surface area contributed by atoms with E-state index in [0.717, 1.165) is 42.0 Å². The maximum Gasteiger partial charge on any atom is 0.269 e. The molecule has 1 heterocycles. The zero-order chi connectivity index (χ0) is 20.5. The Morgan fingerprint density at radius 3 is 2.52 bits per heavy atom. The van der Waals surface area contributed by atoms with E-state index in [1.54, 1.807) is 12.1 Å². The fourth-order valence-electron chi connectivity index (χ4n) is 2.64. The second-order valence-corrected chi connectivity index (χ2v) is 6.83. The summed E-state index contributed by atoms with van der Waals surface area (Å²) in [4.78, 5) is 14.9. The molecule has 1 aromatic carbocycles. The van der Waals surface area contributed by atoms with Crippen molar-refractivity contribution in [2.75, 3.05) is 13.1 Å². The summed E-state index contributed by atoms with van der Waals surface area (Å²) >= 11 is 0. The molecule has 2 N–H and O–H groups in total. The van der Waals surface area contributed by atoms with Crippen LogP contribution in [0.15, 0.2) is 47.5 Å². The fourth-order valence-corrected chi connectivity index (χ4v) is 2.64. The molecule has 0 aliphatic heterocycles. The molecular weight excluding hydrogens is 483 g/mol. The minimum atomic E-state index is -0.405. The Morgan fingerprint density at radius 2 is 1.97 bits per heavy atom. The van der Waals surface area contributed by atoms with Crippen LogP contribution in [-0.2, 0) is 13.1 Å². The lowest BCUT2D eigenvalue weighted by Crippen LogP contribution is -2.39. The summed E-state index contributed by atoms with van der Waals surface area (Å²) in [5.74, 6) is 0.690. The van der Waals surface area contributed by atoms with Gasteiger partial charge < -0.3 is 10.6 Å². The van der Waals surface area contributed by atoms with E-state index in [1.165, 1.54) is 12.1 Å². The second kappa shape index (κ2) is 12.2. The van der Waals surface area contributed by atoms with Crippen LogP contribution in [0.2, 0.25) is 0 Å². The van der Waals surface area contributed by atoms with E-state index in [1.807, 2.05) is 18.5 Å². The highest BCUT2D eigenvalue weighted by atomic mass is 127. The molecule has 0 aliphatic rings. The SMILES string of the molecule is C=C(C)CNC(=NCc1ccc([N+](=O)[O-])cc1)NCCCn1nc(C)cc1C.I. The summed E-state index contributed by atoms with van der Waals surface area (Å²) in [5, 5.41) is 21.8. The predicted octanol–water partition coefficient (Wildman–Crippen LogP) is 3.73. The maximum atomic E-state index is 10.7. The quantitative estimate of drug-likeness (QED) is 0.102. The van der Waals surface area contributed by atoms with Crippen LogP contribution in [0, 0.1) is 24.0 Å². The Morgan fingerprint density at radius 1 is 1.28 bits per heavy atom. The van der Waals surface area contributed by atoms with Gasteiger partial charge in [-0.05, 0) is 38.8 Å². The molecule has 0 aliphatic carbocycles. The van der Waals surface area contributed by atoms with Gasteiger partial charge in [0, 0.05) is 37.5 Å². The molecule has 1 aromatic heterocycles. The van der Waals surface area contributed by atoms with Crippen LogP contribution in [-0.4, -0.2) is 33.8 Å². The highest BCUT2D eigenvalue weighted by Gasteiger charge is 2.05. The molecular formula is C20H29IN6O2. The Balaban J connectivity index is 0.00000420. The predicted molar refractivity (Wildman–Crippen MR) is 127 cm³/mol. The third-order valence-electron chi connectivity index (χ3n) is 4.07. The van der Waals surface area contributed by atoms with E-state index in [0.29, 0.717) is 19.0 Å². The molecule has 0 bridgehead atoms. The lowest BCUT2D eigenvalue weighted by atomic mass is 10.2. The number of halogens is 1. The van der Waals surface area contributed by atoms with Crippen molar-refractivity contribution in [2.45, 2.75) is 40.3 Å². The second-order valence-electron chi connectivity index (χ2n) is 6.83. The van der Waals surface area contributed by atoms with Crippen molar-refractivity contribution in [3.05, 3.63) is 69.5 Å². The fraction of sp³-hybridized carbons (Fsp3) is 0.400. The van der Waals surface area contributed by atoms with Crippen LogP contribution >= 0.6 is 24.0 Å². The Bertz CT molecular complexity index is 845. The number of aliphatic imine (C=N–C) groups is 1. The Labute approximate surface area is 188 Å². The van der Waals surface area contributed by atoms with E-state index in [-0.39, 0.29) is 29.7 Å². The number of hydrogen-bond acceptors (Lipinski definition) is 4. The van der Waals surface area contributed by atoms with E-state index in [9.17, 15) is 10.1 Å². The lowest BCUT2D eigenvalue weighted by Gasteiger charge is -2.13. The van der Waals surface area contributed by atoms with Crippen molar-refractivity contribution in [3.8, 4) is 0 Å². The summed E-state index contributed by atoms with van der Waals surface area (Å²) in [6, 6.07) is 8.50. The van der Waals surface area contributed by atoms with Gasteiger partial charge in [-0.3, -0.25) is 14.8 Å². The van der Waals surface area contributed by atoms with E-state index in [2.05, 4.69) is 40.3 Å². The van der Waals surface area contributed by atoms with Crippen LogP contribution in [0.1, 0.15) is 30.3 Å². The highest BCUT2D eigenvalue weighted by molar-refractivity contribution is 14.0. The normalized spacial score (nSPS) is 10.9. The first-order valence-electron chi connectivity index (χ1n) is 9.26. The molecule has 2 aromatic rings. The molecule has 0 saturated carbocycles. The standard InChI is InChI=1S/C20H28N6O2.HI/c1-15(2)13-22-20(21-10-5-11-25-17(4)12-16(3)24-25)23-14-18-6-8-19(9-7-18)26(27)28;/h6-9,12H,1,5,10-11,13-14H2,2-4H3,(H2,21,22,23);1H. The number of nitrogens with zero attached hydrogens (tertiary/aromatic N) is 4. The van der Waals surface area contributed by atoms with Crippen molar-refractivity contribution in [1.29, 1.82) is 0 Å². The number of aromatic nitrogens is 2. The van der Waals surface area contributed by atoms with Crippen LogP contribution in [0.25, 0.3) is 0 Å². The number of aryl methyl sites for hydroxylation is 3. The number of guanidine groups is 1. The topological polar surface area (TPSA) is 97.4 Å². The van der Waals surface area contributed by atoms with Gasteiger partial charge in [-0.2, -0.15) is 5.10 Å². The molecule has 29 heavy (non-hydrogen) atoms. The summed E-state index contributed by atoms with van der Waals surface area (Å²) < 4.78 is 2.01. The summed E-state index contributed by atoms with van der Waals surface area (Å²) in [7, 11) is 0. The number of non-ortho nitro benzene ring substituents is 1. The Hall–Kier alpha value is -2.43. The summed E-state index contributed by atoms with van der Waals surface area (Å²) in [6.45, 7) is 12.5. The third kappa shape index (κ3) is 8.63. The monoisotopic (exact) mass is 512 g/mol. The zero-order valence-corrected chi connectivity index (χ0v) is 19.5. The largest absolute Gasteiger partial charge is 0.356 e. The summed E-state index contributed by atoms with van der Waals surface area (Å²) in [6.07, 6.45) is 0.910. The first-order chi connectivity index (χ1) is 13.3. The third-order valence-corrected chi connectivity index (χ3v) is 4.07. The van der Waals surface area contributed by atoms with Gasteiger partial charge in [0.25, 0.3) is 5.69 Å². The van der Waals surface area contributed by atoms with Gasteiger partial charge in [-0.15, -0.1) is 24.0 Å². The van der Waals surface area contributed by atoms with Crippen molar-refractivity contribution in [1.82, 2.24) is 20.4 Å². The molecule has 0 fully saturated rings. The van der Waals surface area contributed by atoms with Gasteiger partial charge in [-0.1, -0.05) is 24.3 Å². The average molecular weight is 512 g/mol. The molecule has 9 heteroatoms. The van der Waals surface area contributed by atoms with Gasteiger partial charge in [0.15, 0.2) is 5.96 Å². The smallest absolute Gasteiger partial charge is 0.269 e. The first-order valence-corrected chi connectivity index (χ1v) is 9.26. The molecule has 158 valence electrons. The first kappa shape index (κ1) is 24.6. The van der Waals surface area contributed by atoms with Gasteiger partial charge >= 0.3 is 0 Å². The number of rotatable bonds is 9. The highest BCUT2D eigenvalue weighted by Crippen LogP contribution is 2.12. The van der Waals surface area contributed by atoms with E-state index >= 15 is 0 Å². The van der Waals surface area contributed by atoms with Gasteiger partial charge in [0.2, 0.25) is 0 Å². The molecule has 0 radical (unpaired) electrons.